The van der Waals surface area contributed by atoms with Gasteiger partial charge < -0.3 is 48.0 Å². The lowest BCUT2D eigenvalue weighted by atomic mass is 9.98. The zero-order valence-corrected chi connectivity index (χ0v) is 37.7. The van der Waals surface area contributed by atoms with E-state index in [0.29, 0.717) is 26.4 Å². The first-order valence-corrected chi connectivity index (χ1v) is 23.2. The lowest BCUT2D eigenvalue weighted by Crippen LogP contribution is -2.48. The van der Waals surface area contributed by atoms with Crippen LogP contribution in [0.4, 0.5) is 11.4 Å². The highest BCUT2D eigenvalue weighted by molar-refractivity contribution is 5.73. The van der Waals surface area contributed by atoms with Gasteiger partial charge in [0.15, 0.2) is 11.6 Å². The Kier molecular flexibility index (Phi) is 17.4. The van der Waals surface area contributed by atoms with Crippen molar-refractivity contribution in [1.29, 1.82) is 0 Å². The van der Waals surface area contributed by atoms with Gasteiger partial charge in [-0.2, -0.15) is 0 Å². The fraction of sp³-hybridized carbons (Fsp3) is 0.558. The van der Waals surface area contributed by atoms with Crippen LogP contribution in [0.15, 0.2) is 108 Å². The number of amides is 1. The molecule has 1 amide bonds. The quantitative estimate of drug-likeness (QED) is 0.144. The molecular weight excluding hydrogens is 793 g/mol. The molecule has 2 aromatic carbocycles. The first-order valence-electron chi connectivity index (χ1n) is 23.2. The van der Waals surface area contributed by atoms with E-state index in [9.17, 15) is 4.79 Å². The fourth-order valence-electron chi connectivity index (χ4n) is 9.12. The molecule has 4 unspecified atom stereocenters. The van der Waals surface area contributed by atoms with Gasteiger partial charge in [0.05, 0.1) is 13.2 Å². The van der Waals surface area contributed by atoms with Gasteiger partial charge in [-0.25, -0.2) is 0 Å². The predicted octanol–water partition coefficient (Wildman–Crippen LogP) is 9.47. The Morgan fingerprint density at radius 2 is 1.11 bits per heavy atom. The van der Waals surface area contributed by atoms with Crippen molar-refractivity contribution >= 4 is 17.3 Å². The first-order chi connectivity index (χ1) is 30.2. The van der Waals surface area contributed by atoms with Crippen molar-refractivity contribution in [3.8, 4) is 11.5 Å². The zero-order valence-electron chi connectivity index (χ0n) is 37.7. The number of benzene rings is 2. The molecule has 6 aliphatic rings. The number of rotatable bonds is 17. The largest absolute Gasteiger partial charge is 0.491 e. The second-order valence-electron chi connectivity index (χ2n) is 17.3. The molecule has 4 heterocycles. The van der Waals surface area contributed by atoms with E-state index in [0.717, 1.165) is 114 Å². The van der Waals surface area contributed by atoms with Crippen LogP contribution in [0.25, 0.3) is 0 Å². The van der Waals surface area contributed by atoms with Gasteiger partial charge in [-0.05, 0) is 85.9 Å². The van der Waals surface area contributed by atoms with Crippen molar-refractivity contribution in [2.24, 2.45) is 0 Å². The summed E-state index contributed by atoms with van der Waals surface area (Å²) in [5.41, 5.74) is 6.01. The number of nitrogens with zero attached hydrogens (tertiary/aromatic N) is 4. The van der Waals surface area contributed by atoms with Crippen molar-refractivity contribution in [3.63, 3.8) is 0 Å². The normalized spacial score (nSPS) is 25.3. The number of hydrogen-bond donors (Lipinski definition) is 0. The molecule has 344 valence electrons. The highest BCUT2D eigenvalue weighted by Gasteiger charge is 2.45. The van der Waals surface area contributed by atoms with E-state index in [2.05, 4.69) is 115 Å². The Labute approximate surface area is 377 Å². The highest BCUT2D eigenvalue weighted by atomic mass is 16.8. The van der Waals surface area contributed by atoms with E-state index in [1.165, 1.54) is 29.7 Å². The number of piperazine rings is 2. The van der Waals surface area contributed by atoms with E-state index in [4.69, 9.17) is 28.4 Å². The minimum Gasteiger partial charge on any atom is -0.491 e. The summed E-state index contributed by atoms with van der Waals surface area (Å²) >= 11 is 0. The second kappa shape index (κ2) is 22.9. The summed E-state index contributed by atoms with van der Waals surface area (Å²) in [5, 5.41) is 0. The standard InChI is InChI=1S/C27H38N2O3.C24H32N2O4.CH4/c1-4-5-8-15-27(23-9-6-7-10-23)31-21-26(32-27)20-30-25-13-11-24(12-14-25)29-18-16-28(17-19-29)22(2)3;1-3-12-24(20-6-4-5-7-20)29-18-23(30-24)17-28-22-10-8-21(9-11-22)26-15-13-25(14-16-26)19(2)27;/h6-7,9,11-14,26H,2,4-5,8,10,15-21H2,1,3H3;4-6,8-11,23H,3,7,12-18H2,1-2H3;1H4. The van der Waals surface area contributed by atoms with Crippen molar-refractivity contribution in [2.45, 2.75) is 110 Å². The van der Waals surface area contributed by atoms with Gasteiger partial charge in [0, 0.05) is 89.2 Å². The molecular formula is C52H74N4O7. The van der Waals surface area contributed by atoms with Gasteiger partial charge in [-0.1, -0.05) is 83.6 Å². The molecule has 8 rings (SSSR count). The number of ether oxygens (including phenoxy) is 6. The van der Waals surface area contributed by atoms with E-state index in [1.54, 1.807) is 6.92 Å². The van der Waals surface area contributed by atoms with E-state index >= 15 is 0 Å². The Morgan fingerprint density at radius 3 is 1.51 bits per heavy atom. The maximum Gasteiger partial charge on any atom is 0.219 e. The summed E-state index contributed by atoms with van der Waals surface area (Å²) in [6.07, 6.45) is 20.8. The number of allylic oxidation sites excluding steroid dienone is 7. The summed E-state index contributed by atoms with van der Waals surface area (Å²) < 4.78 is 37.3. The monoisotopic (exact) mass is 867 g/mol. The van der Waals surface area contributed by atoms with Gasteiger partial charge in [0.2, 0.25) is 5.91 Å². The lowest BCUT2D eigenvalue weighted by Gasteiger charge is -2.37. The third-order valence-electron chi connectivity index (χ3n) is 12.7. The molecule has 0 aromatic heterocycles. The molecule has 11 heteroatoms. The summed E-state index contributed by atoms with van der Waals surface area (Å²) in [4.78, 5) is 20.5. The van der Waals surface area contributed by atoms with E-state index < -0.39 is 11.6 Å². The van der Waals surface area contributed by atoms with Crippen molar-refractivity contribution in [1.82, 2.24) is 9.80 Å². The van der Waals surface area contributed by atoms with Gasteiger partial charge in [-0.15, -0.1) is 0 Å². The van der Waals surface area contributed by atoms with Crippen LogP contribution in [0.1, 0.15) is 86.5 Å². The Morgan fingerprint density at radius 1 is 0.651 bits per heavy atom. The summed E-state index contributed by atoms with van der Waals surface area (Å²) in [5.74, 6) is 0.711. The molecule has 4 atom stereocenters. The molecule has 63 heavy (non-hydrogen) atoms. The molecule has 2 aromatic rings. The number of carbonyl (C=O) groups is 1. The van der Waals surface area contributed by atoms with Gasteiger partial charge in [0.1, 0.15) is 36.9 Å². The Balaban J connectivity index is 0.000000207. The molecule has 11 nitrogen and oxygen atoms in total. The topological polar surface area (TPSA) is 85.4 Å². The Hall–Kier alpha value is -4.55. The van der Waals surface area contributed by atoms with Crippen LogP contribution in [0.3, 0.4) is 0 Å². The van der Waals surface area contributed by atoms with Crippen molar-refractivity contribution in [2.75, 3.05) is 88.6 Å². The molecule has 0 radical (unpaired) electrons. The smallest absolute Gasteiger partial charge is 0.219 e. The van der Waals surface area contributed by atoms with Gasteiger partial charge in [0.25, 0.3) is 0 Å². The molecule has 4 aliphatic heterocycles. The third kappa shape index (κ3) is 12.4. The van der Waals surface area contributed by atoms with Crippen LogP contribution in [0.2, 0.25) is 0 Å². The molecule has 4 fully saturated rings. The molecule has 0 bridgehead atoms. The minimum atomic E-state index is -0.585. The Bertz CT molecular complexity index is 1900. The van der Waals surface area contributed by atoms with Crippen LogP contribution in [-0.4, -0.2) is 118 Å². The average Bonchev–Trinajstić information content (AvgIpc) is 4.15. The molecule has 2 aliphatic carbocycles. The van der Waals surface area contributed by atoms with Gasteiger partial charge >= 0.3 is 0 Å². The molecule has 0 spiro atoms. The minimum absolute atomic E-state index is 0. The van der Waals surface area contributed by atoms with Crippen LogP contribution in [0.5, 0.6) is 11.5 Å². The maximum atomic E-state index is 11.5. The fourth-order valence-corrected chi connectivity index (χ4v) is 9.12. The number of hydrogen-bond acceptors (Lipinski definition) is 10. The average molecular weight is 867 g/mol. The number of unbranched alkanes of at least 4 members (excludes halogenated alkanes) is 2. The maximum absolute atomic E-state index is 11.5. The first kappa shape index (κ1) is 47.9. The number of carbonyl (C=O) groups excluding carboxylic acids is 1. The van der Waals surface area contributed by atoms with Crippen LogP contribution in [0, 0.1) is 0 Å². The highest BCUT2D eigenvalue weighted by Crippen LogP contribution is 2.41. The van der Waals surface area contributed by atoms with Crippen LogP contribution < -0.4 is 19.3 Å². The van der Waals surface area contributed by atoms with Crippen molar-refractivity contribution < 1.29 is 33.2 Å². The zero-order chi connectivity index (χ0) is 43.4. The second-order valence-corrected chi connectivity index (χ2v) is 17.3. The van der Waals surface area contributed by atoms with Crippen LogP contribution in [-0.2, 0) is 23.7 Å². The molecule has 4 saturated heterocycles. The summed E-state index contributed by atoms with van der Waals surface area (Å²) in [6, 6.07) is 16.6. The van der Waals surface area contributed by atoms with Gasteiger partial charge in [-0.3, -0.25) is 4.79 Å². The predicted molar refractivity (Wildman–Crippen MR) is 254 cm³/mol. The van der Waals surface area contributed by atoms with Crippen LogP contribution >= 0.6 is 0 Å². The third-order valence-corrected chi connectivity index (χ3v) is 12.7. The molecule has 0 N–H and O–H groups in total. The van der Waals surface area contributed by atoms with E-state index in [1.807, 2.05) is 17.0 Å². The molecule has 0 saturated carbocycles. The SMILES string of the molecule is C.C=C(C)N1CCN(c2ccc(OCC3COC(CCCCC)(C4=CC=CC4)O3)cc2)CC1.CCCC1(C2=CC=CC2)OCC(COc2ccc(N3CCN(C(C)=O)CC3)cc2)O1. The van der Waals surface area contributed by atoms with E-state index in [-0.39, 0.29) is 25.5 Å². The number of anilines is 2. The lowest BCUT2D eigenvalue weighted by molar-refractivity contribution is -0.147. The summed E-state index contributed by atoms with van der Waals surface area (Å²) in [7, 11) is 0. The van der Waals surface area contributed by atoms with Crippen molar-refractivity contribution in [3.05, 3.63) is 108 Å². The summed E-state index contributed by atoms with van der Waals surface area (Å²) in [6.45, 7) is 21.6.